The predicted octanol–water partition coefficient (Wildman–Crippen LogP) is 1.67. The molecule has 2 N–H and O–H groups in total. The van der Waals surface area contributed by atoms with E-state index in [2.05, 4.69) is 4.98 Å². The van der Waals surface area contributed by atoms with Crippen molar-refractivity contribution in [3.05, 3.63) is 23.5 Å². The Kier molecular flexibility index (Phi) is 2.83. The summed E-state index contributed by atoms with van der Waals surface area (Å²) in [7, 11) is 0. The van der Waals surface area contributed by atoms with Crippen molar-refractivity contribution in [2.75, 3.05) is 0 Å². The molecule has 0 aliphatic heterocycles. The van der Waals surface area contributed by atoms with Gasteiger partial charge >= 0.3 is 11.9 Å². The van der Waals surface area contributed by atoms with Gasteiger partial charge in [-0.05, 0) is 26.8 Å². The molecule has 0 aliphatic rings. The van der Waals surface area contributed by atoms with Crippen molar-refractivity contribution in [2.24, 2.45) is 0 Å². The van der Waals surface area contributed by atoms with E-state index in [-0.39, 0.29) is 11.3 Å². The fourth-order valence-electron chi connectivity index (χ4n) is 0.969. The van der Waals surface area contributed by atoms with E-state index in [0.29, 0.717) is 0 Å². The van der Waals surface area contributed by atoms with Crippen LogP contribution >= 0.6 is 0 Å². The first kappa shape index (κ1) is 11.3. The highest BCUT2D eigenvalue weighted by molar-refractivity contribution is 5.93. The molecule has 0 saturated carbocycles. The van der Waals surface area contributed by atoms with Gasteiger partial charge in [0.05, 0.1) is 5.56 Å². The maximum atomic E-state index is 11.4. The van der Waals surface area contributed by atoms with Gasteiger partial charge in [0.25, 0.3) is 0 Å². The summed E-state index contributed by atoms with van der Waals surface area (Å²) >= 11 is 0. The van der Waals surface area contributed by atoms with Crippen molar-refractivity contribution in [1.82, 2.24) is 4.98 Å². The Hall–Kier alpha value is -1.78. The summed E-state index contributed by atoms with van der Waals surface area (Å²) in [6.45, 7) is 5.23. The second-order valence-corrected chi connectivity index (χ2v) is 4.11. The zero-order valence-electron chi connectivity index (χ0n) is 8.83. The number of carboxylic acids is 1. The summed E-state index contributed by atoms with van der Waals surface area (Å²) in [5.74, 6) is -1.64. The lowest BCUT2D eigenvalue weighted by atomic mass is 10.2. The number of esters is 1. The summed E-state index contributed by atoms with van der Waals surface area (Å²) in [6.07, 6.45) is 1.25. The minimum absolute atomic E-state index is 0.0378. The van der Waals surface area contributed by atoms with Gasteiger partial charge in [0.1, 0.15) is 11.3 Å². The van der Waals surface area contributed by atoms with Crippen molar-refractivity contribution in [3.63, 3.8) is 0 Å². The summed E-state index contributed by atoms with van der Waals surface area (Å²) in [4.78, 5) is 24.6. The minimum atomic E-state index is -1.08. The molecule has 0 atom stereocenters. The van der Waals surface area contributed by atoms with E-state index in [0.717, 1.165) is 0 Å². The Morgan fingerprint density at radius 1 is 1.40 bits per heavy atom. The Bertz CT molecular complexity index is 386. The van der Waals surface area contributed by atoms with Crippen LogP contribution in [0, 0.1) is 0 Å². The van der Waals surface area contributed by atoms with Crippen molar-refractivity contribution in [1.29, 1.82) is 0 Å². The summed E-state index contributed by atoms with van der Waals surface area (Å²) in [6, 6.07) is 1.25. The molecular formula is C10H13NO4. The number of hydrogen-bond acceptors (Lipinski definition) is 3. The predicted molar refractivity (Wildman–Crippen MR) is 52.9 cm³/mol. The van der Waals surface area contributed by atoms with Gasteiger partial charge in [0.15, 0.2) is 0 Å². The van der Waals surface area contributed by atoms with E-state index < -0.39 is 17.5 Å². The van der Waals surface area contributed by atoms with Gasteiger partial charge in [0.2, 0.25) is 0 Å². The molecule has 0 spiro atoms. The van der Waals surface area contributed by atoms with Crippen LogP contribution in [-0.2, 0) is 4.74 Å². The molecular weight excluding hydrogens is 198 g/mol. The number of aromatic carboxylic acids is 1. The molecule has 5 heteroatoms. The van der Waals surface area contributed by atoms with Crippen molar-refractivity contribution in [3.8, 4) is 0 Å². The number of H-pyrrole nitrogens is 1. The highest BCUT2D eigenvalue weighted by Crippen LogP contribution is 2.12. The molecule has 82 valence electrons. The SMILES string of the molecule is CC(C)(C)OC(=O)c1cc(C(=O)O)c[nH]1. The van der Waals surface area contributed by atoms with Gasteiger partial charge in [0, 0.05) is 6.20 Å². The van der Waals surface area contributed by atoms with Gasteiger partial charge in [-0.1, -0.05) is 0 Å². The van der Waals surface area contributed by atoms with Gasteiger partial charge in [-0.15, -0.1) is 0 Å². The molecule has 0 radical (unpaired) electrons. The van der Waals surface area contributed by atoms with Gasteiger partial charge in [-0.3, -0.25) is 0 Å². The van der Waals surface area contributed by atoms with Crippen LogP contribution in [-0.4, -0.2) is 27.6 Å². The van der Waals surface area contributed by atoms with Crippen LogP contribution in [0.4, 0.5) is 0 Å². The number of rotatable bonds is 2. The molecule has 0 fully saturated rings. The topological polar surface area (TPSA) is 79.4 Å². The van der Waals surface area contributed by atoms with Crippen molar-refractivity contribution in [2.45, 2.75) is 26.4 Å². The molecule has 0 unspecified atom stereocenters. The first-order valence-corrected chi connectivity index (χ1v) is 4.44. The maximum absolute atomic E-state index is 11.4. The zero-order valence-corrected chi connectivity index (χ0v) is 8.83. The molecule has 0 amide bonds. The molecule has 0 saturated heterocycles. The van der Waals surface area contributed by atoms with Crippen LogP contribution < -0.4 is 0 Å². The van der Waals surface area contributed by atoms with Crippen LogP contribution in [0.5, 0.6) is 0 Å². The third kappa shape index (κ3) is 3.12. The van der Waals surface area contributed by atoms with Crippen molar-refractivity contribution < 1.29 is 19.4 Å². The Labute approximate surface area is 87.1 Å². The smallest absolute Gasteiger partial charge is 0.355 e. The number of hydrogen-bond donors (Lipinski definition) is 2. The number of aromatic nitrogens is 1. The zero-order chi connectivity index (χ0) is 11.6. The monoisotopic (exact) mass is 211 g/mol. The van der Waals surface area contributed by atoms with E-state index in [1.165, 1.54) is 12.3 Å². The molecule has 0 aromatic carbocycles. The third-order valence-electron chi connectivity index (χ3n) is 1.55. The van der Waals surface area contributed by atoms with Crippen molar-refractivity contribution >= 4 is 11.9 Å². The van der Waals surface area contributed by atoms with E-state index >= 15 is 0 Å². The fraction of sp³-hybridized carbons (Fsp3) is 0.400. The quantitative estimate of drug-likeness (QED) is 0.729. The standard InChI is InChI=1S/C10H13NO4/c1-10(2,3)15-9(14)7-4-6(5-11-7)8(12)13/h4-5,11H,1-3H3,(H,12,13). The molecule has 0 bridgehead atoms. The van der Waals surface area contributed by atoms with Crippen LogP contribution in [0.15, 0.2) is 12.3 Å². The number of carbonyl (C=O) groups excluding carboxylic acids is 1. The normalized spacial score (nSPS) is 11.1. The lowest BCUT2D eigenvalue weighted by Crippen LogP contribution is -2.24. The first-order valence-electron chi connectivity index (χ1n) is 4.44. The van der Waals surface area contributed by atoms with Crippen LogP contribution in [0.25, 0.3) is 0 Å². The molecule has 15 heavy (non-hydrogen) atoms. The summed E-state index contributed by atoms with van der Waals surface area (Å²) < 4.78 is 5.05. The number of carboxylic acid groups (broad SMARTS) is 1. The summed E-state index contributed by atoms with van der Waals surface area (Å²) in [5, 5.41) is 8.64. The minimum Gasteiger partial charge on any atom is -0.478 e. The van der Waals surface area contributed by atoms with Gasteiger partial charge in [-0.25, -0.2) is 9.59 Å². The molecule has 1 heterocycles. The molecule has 1 rings (SSSR count). The van der Waals surface area contributed by atoms with Gasteiger partial charge < -0.3 is 14.8 Å². The number of aromatic amines is 1. The number of ether oxygens (including phenoxy) is 1. The lowest BCUT2D eigenvalue weighted by molar-refractivity contribution is 0.00636. The Morgan fingerprint density at radius 2 is 2.00 bits per heavy atom. The maximum Gasteiger partial charge on any atom is 0.355 e. The van der Waals surface area contributed by atoms with E-state index in [1.54, 1.807) is 20.8 Å². The van der Waals surface area contributed by atoms with Crippen LogP contribution in [0.3, 0.4) is 0 Å². The second kappa shape index (κ2) is 3.76. The van der Waals surface area contributed by atoms with Gasteiger partial charge in [-0.2, -0.15) is 0 Å². The first-order chi connectivity index (χ1) is 6.79. The van der Waals surface area contributed by atoms with E-state index in [1.807, 2.05) is 0 Å². The average Bonchev–Trinajstić information content (AvgIpc) is 2.47. The van der Waals surface area contributed by atoms with Crippen LogP contribution in [0.1, 0.15) is 41.6 Å². The fourth-order valence-corrected chi connectivity index (χ4v) is 0.969. The number of nitrogens with one attached hydrogen (secondary N) is 1. The Morgan fingerprint density at radius 3 is 2.40 bits per heavy atom. The molecule has 0 aliphatic carbocycles. The number of carbonyl (C=O) groups is 2. The Balaban J connectivity index is 2.79. The van der Waals surface area contributed by atoms with E-state index in [4.69, 9.17) is 9.84 Å². The summed E-state index contributed by atoms with van der Waals surface area (Å²) in [5.41, 5.74) is -0.413. The third-order valence-corrected chi connectivity index (χ3v) is 1.55. The largest absolute Gasteiger partial charge is 0.478 e. The average molecular weight is 211 g/mol. The molecule has 5 nitrogen and oxygen atoms in total. The molecule has 1 aromatic heterocycles. The lowest BCUT2D eigenvalue weighted by Gasteiger charge is -2.18. The highest BCUT2D eigenvalue weighted by Gasteiger charge is 2.19. The highest BCUT2D eigenvalue weighted by atomic mass is 16.6. The van der Waals surface area contributed by atoms with Crippen LogP contribution in [0.2, 0.25) is 0 Å². The molecule has 1 aromatic rings. The second-order valence-electron chi connectivity index (χ2n) is 4.11. The van der Waals surface area contributed by atoms with E-state index in [9.17, 15) is 9.59 Å².